The van der Waals surface area contributed by atoms with Gasteiger partial charge in [-0.3, -0.25) is 4.90 Å². The fourth-order valence-corrected chi connectivity index (χ4v) is 5.02. The summed E-state index contributed by atoms with van der Waals surface area (Å²) in [6.07, 6.45) is -0.403. The molecule has 0 radical (unpaired) electrons. The fourth-order valence-electron chi connectivity index (χ4n) is 5.02. The fraction of sp³-hybridized carbons (Fsp3) is 0.417. The van der Waals surface area contributed by atoms with E-state index in [4.69, 9.17) is 4.74 Å². The molecule has 3 aromatic rings. The van der Waals surface area contributed by atoms with Crippen molar-refractivity contribution >= 4 is 16.5 Å². The number of fused-ring (bicyclic) bond motifs is 2. The lowest BCUT2D eigenvalue weighted by atomic mass is 10.1. The maximum atomic E-state index is 12.4. The van der Waals surface area contributed by atoms with Gasteiger partial charge in [-0.25, -0.2) is 0 Å². The van der Waals surface area contributed by atoms with E-state index in [0.29, 0.717) is 23.7 Å². The lowest BCUT2D eigenvalue weighted by Gasteiger charge is -2.39. The summed E-state index contributed by atoms with van der Waals surface area (Å²) in [6, 6.07) is 10.3. The second-order valence-electron chi connectivity index (χ2n) is 8.66. The maximum absolute atomic E-state index is 12.4. The smallest absolute Gasteiger partial charge is 0.496 e. The van der Waals surface area contributed by atoms with Gasteiger partial charge in [-0.05, 0) is 43.1 Å². The monoisotopic (exact) mass is 461 g/mol. The predicted octanol–water partition coefficient (Wildman–Crippen LogP) is 4.59. The Morgan fingerprint density at radius 3 is 2.61 bits per heavy atom. The minimum atomic E-state index is -4.73. The van der Waals surface area contributed by atoms with E-state index >= 15 is 0 Å². The third-order valence-electron chi connectivity index (χ3n) is 6.59. The number of anilines is 1. The number of hydrogen-bond acceptors (Lipinski definition) is 5. The Morgan fingerprint density at radius 1 is 1.09 bits per heavy atom. The van der Waals surface area contributed by atoms with Crippen molar-refractivity contribution in [3.8, 4) is 17.4 Å². The Labute approximate surface area is 189 Å². The first kappa shape index (κ1) is 21.8. The van der Waals surface area contributed by atoms with Crippen LogP contribution >= 0.6 is 0 Å². The van der Waals surface area contributed by atoms with Crippen LogP contribution in [0.15, 0.2) is 42.6 Å². The number of methoxy groups -OCH3 is 1. The normalized spacial score (nSPS) is 19.2. The highest BCUT2D eigenvalue weighted by Gasteiger charge is 2.32. The Morgan fingerprint density at radius 2 is 1.88 bits per heavy atom. The molecule has 2 aliphatic heterocycles. The van der Waals surface area contributed by atoms with Crippen LogP contribution in [-0.2, 0) is 6.54 Å². The van der Waals surface area contributed by atoms with Crippen LogP contribution in [0.5, 0.6) is 17.4 Å². The Hall–Kier alpha value is -3.07. The SMILES string of the molecule is COc1cc(N2CCN3CCCC3C2)cc2cn(Cc3ccc(OC(F)(F)F)cc3)c(O)c12. The minimum Gasteiger partial charge on any atom is -0.496 e. The summed E-state index contributed by atoms with van der Waals surface area (Å²) in [6.45, 7) is 4.45. The van der Waals surface area contributed by atoms with Gasteiger partial charge in [0.2, 0.25) is 5.88 Å². The van der Waals surface area contributed by atoms with Crippen LogP contribution in [-0.4, -0.2) is 60.3 Å². The largest absolute Gasteiger partial charge is 0.573 e. The van der Waals surface area contributed by atoms with Crippen LogP contribution in [0.1, 0.15) is 18.4 Å². The first-order valence-corrected chi connectivity index (χ1v) is 11.0. The highest BCUT2D eigenvalue weighted by atomic mass is 19.4. The highest BCUT2D eigenvalue weighted by molar-refractivity contribution is 5.96. The number of aromatic nitrogens is 1. The van der Waals surface area contributed by atoms with Gasteiger partial charge in [-0.15, -0.1) is 13.2 Å². The van der Waals surface area contributed by atoms with Crippen molar-refractivity contribution < 1.29 is 27.8 Å². The molecule has 2 aliphatic rings. The van der Waals surface area contributed by atoms with Crippen LogP contribution in [0.3, 0.4) is 0 Å². The molecule has 2 aromatic carbocycles. The van der Waals surface area contributed by atoms with Crippen molar-refractivity contribution in [3.63, 3.8) is 0 Å². The number of piperazine rings is 1. The molecule has 3 heterocycles. The molecule has 1 N–H and O–H groups in total. The van der Waals surface area contributed by atoms with Gasteiger partial charge in [-0.1, -0.05) is 12.1 Å². The van der Waals surface area contributed by atoms with Gasteiger partial charge in [0, 0.05) is 49.0 Å². The van der Waals surface area contributed by atoms with Crippen molar-refractivity contribution in [3.05, 3.63) is 48.2 Å². The number of alkyl halides is 3. The molecule has 0 bridgehead atoms. The van der Waals surface area contributed by atoms with Crippen LogP contribution in [0.4, 0.5) is 18.9 Å². The number of ether oxygens (including phenoxy) is 2. The molecule has 0 saturated carbocycles. The summed E-state index contributed by atoms with van der Waals surface area (Å²) in [4.78, 5) is 4.93. The Balaban J connectivity index is 1.41. The molecule has 9 heteroatoms. The van der Waals surface area contributed by atoms with Crippen molar-refractivity contribution in [2.75, 3.05) is 38.2 Å². The third kappa shape index (κ3) is 4.42. The summed E-state index contributed by atoms with van der Waals surface area (Å²) in [5.41, 5.74) is 1.80. The molecule has 176 valence electrons. The predicted molar refractivity (Wildman–Crippen MR) is 119 cm³/mol. The molecular weight excluding hydrogens is 435 g/mol. The lowest BCUT2D eigenvalue weighted by Crippen LogP contribution is -2.50. The van der Waals surface area contributed by atoms with Crippen LogP contribution < -0.4 is 14.4 Å². The van der Waals surface area contributed by atoms with E-state index in [9.17, 15) is 18.3 Å². The van der Waals surface area contributed by atoms with Crippen LogP contribution in [0, 0.1) is 0 Å². The summed E-state index contributed by atoms with van der Waals surface area (Å²) in [5.74, 6) is 0.382. The molecule has 1 aromatic heterocycles. The summed E-state index contributed by atoms with van der Waals surface area (Å²) >= 11 is 0. The average molecular weight is 461 g/mol. The van der Waals surface area contributed by atoms with E-state index in [1.165, 1.54) is 31.5 Å². The topological polar surface area (TPSA) is 50.1 Å². The Bertz CT molecular complexity index is 1140. The quantitative estimate of drug-likeness (QED) is 0.603. The van der Waals surface area contributed by atoms with E-state index < -0.39 is 6.36 Å². The molecule has 6 nitrogen and oxygen atoms in total. The summed E-state index contributed by atoms with van der Waals surface area (Å²) in [7, 11) is 1.59. The zero-order chi connectivity index (χ0) is 23.2. The van der Waals surface area contributed by atoms with Gasteiger partial charge in [-0.2, -0.15) is 0 Å². The molecular formula is C24H26F3N3O3. The van der Waals surface area contributed by atoms with Gasteiger partial charge < -0.3 is 24.0 Å². The molecule has 33 heavy (non-hydrogen) atoms. The number of halogens is 3. The van der Waals surface area contributed by atoms with Crippen molar-refractivity contribution in [1.82, 2.24) is 9.47 Å². The van der Waals surface area contributed by atoms with Gasteiger partial charge >= 0.3 is 6.36 Å². The molecule has 0 amide bonds. The second-order valence-corrected chi connectivity index (χ2v) is 8.66. The van der Waals surface area contributed by atoms with E-state index in [1.54, 1.807) is 23.8 Å². The zero-order valence-corrected chi connectivity index (χ0v) is 18.3. The van der Waals surface area contributed by atoms with E-state index in [0.717, 1.165) is 36.3 Å². The molecule has 2 saturated heterocycles. The highest BCUT2D eigenvalue weighted by Crippen LogP contribution is 2.40. The molecule has 1 atom stereocenters. The van der Waals surface area contributed by atoms with Crippen molar-refractivity contribution in [2.24, 2.45) is 0 Å². The number of aromatic hydroxyl groups is 1. The van der Waals surface area contributed by atoms with Crippen LogP contribution in [0.2, 0.25) is 0 Å². The molecule has 1 unspecified atom stereocenters. The standard InChI is InChI=1S/C24H26F3N3O3/c1-32-21-12-19(29-10-9-28-8-2-3-18(28)15-29)11-17-14-30(23(31)22(17)21)13-16-4-6-20(7-5-16)33-24(25,26)27/h4-7,11-12,14,18,31H,2-3,8-10,13,15H2,1H3. The molecule has 0 aliphatic carbocycles. The summed E-state index contributed by atoms with van der Waals surface area (Å²) < 4.78 is 48.4. The Kier molecular flexibility index (Phi) is 5.52. The number of nitrogens with zero attached hydrogens (tertiary/aromatic N) is 3. The average Bonchev–Trinajstić information content (AvgIpc) is 3.37. The summed E-state index contributed by atoms with van der Waals surface area (Å²) in [5, 5.41) is 12.4. The van der Waals surface area contributed by atoms with E-state index in [2.05, 4.69) is 20.6 Å². The number of benzene rings is 2. The van der Waals surface area contributed by atoms with E-state index in [-0.39, 0.29) is 11.6 Å². The van der Waals surface area contributed by atoms with Gasteiger partial charge in [0.15, 0.2) is 0 Å². The first-order valence-electron chi connectivity index (χ1n) is 11.0. The van der Waals surface area contributed by atoms with Gasteiger partial charge in [0.05, 0.1) is 19.0 Å². The second kappa shape index (κ2) is 8.37. The van der Waals surface area contributed by atoms with Gasteiger partial charge in [0.25, 0.3) is 0 Å². The maximum Gasteiger partial charge on any atom is 0.573 e. The first-order chi connectivity index (χ1) is 15.8. The molecule has 2 fully saturated rings. The number of hydrogen-bond donors (Lipinski definition) is 1. The van der Waals surface area contributed by atoms with Gasteiger partial charge in [0.1, 0.15) is 11.5 Å². The minimum absolute atomic E-state index is 0.0598. The van der Waals surface area contributed by atoms with Crippen LogP contribution in [0.25, 0.3) is 10.8 Å². The third-order valence-corrected chi connectivity index (χ3v) is 6.59. The lowest BCUT2D eigenvalue weighted by molar-refractivity contribution is -0.274. The van der Waals surface area contributed by atoms with Crippen molar-refractivity contribution in [1.29, 1.82) is 0 Å². The molecule has 0 spiro atoms. The van der Waals surface area contributed by atoms with E-state index in [1.807, 2.05) is 12.3 Å². The number of rotatable bonds is 5. The van der Waals surface area contributed by atoms with Crippen molar-refractivity contribution in [2.45, 2.75) is 31.8 Å². The molecule has 5 rings (SSSR count). The zero-order valence-electron chi connectivity index (χ0n) is 18.3.